The van der Waals surface area contributed by atoms with Gasteiger partial charge < -0.3 is 19.3 Å². The molecule has 2 unspecified atom stereocenters. The fourth-order valence-corrected chi connectivity index (χ4v) is 2.32. The van der Waals surface area contributed by atoms with Gasteiger partial charge in [-0.2, -0.15) is 0 Å². The maximum Gasteiger partial charge on any atom is 0.184 e. The minimum Gasteiger partial charge on any atom is -0.390 e. The lowest BCUT2D eigenvalue weighted by atomic mass is 10.0. The van der Waals surface area contributed by atoms with E-state index < -0.39 is 12.4 Å². The molecule has 4 atom stereocenters. The summed E-state index contributed by atoms with van der Waals surface area (Å²) in [4.78, 5) is 0. The Morgan fingerprint density at radius 1 is 1.12 bits per heavy atom. The smallest absolute Gasteiger partial charge is 0.184 e. The van der Waals surface area contributed by atoms with Crippen LogP contribution in [0.15, 0.2) is 30.3 Å². The fraction of sp³-hybridized carbons (Fsp3) is 0.538. The Bertz CT molecular complexity index is 367. The summed E-state index contributed by atoms with van der Waals surface area (Å²) in [5, 5.41) is 9.91. The fourth-order valence-electron chi connectivity index (χ4n) is 2.32. The molecule has 17 heavy (non-hydrogen) atoms. The highest BCUT2D eigenvalue weighted by Gasteiger charge is 2.40. The lowest BCUT2D eigenvalue weighted by Crippen LogP contribution is -2.52. The topological polar surface area (TPSA) is 47.9 Å². The minimum absolute atomic E-state index is 0.140. The standard InChI is InChI=1S/C13H16O4/c14-10-6-7-15-11-8-16-13(17-12(10)11)9-4-2-1-3-5-9/h1-5,10-14H,6-8H2/t10-,11?,12?,13-/m1/s1. The zero-order valence-corrected chi connectivity index (χ0v) is 9.49. The van der Waals surface area contributed by atoms with Crippen molar-refractivity contribution in [1.82, 2.24) is 0 Å². The Kier molecular flexibility index (Phi) is 3.11. The van der Waals surface area contributed by atoms with Crippen LogP contribution in [0.3, 0.4) is 0 Å². The summed E-state index contributed by atoms with van der Waals surface area (Å²) >= 11 is 0. The molecule has 2 heterocycles. The van der Waals surface area contributed by atoms with Gasteiger partial charge in [-0.25, -0.2) is 0 Å². The molecule has 1 aromatic carbocycles. The van der Waals surface area contributed by atoms with Crippen LogP contribution in [0.4, 0.5) is 0 Å². The van der Waals surface area contributed by atoms with Gasteiger partial charge in [0.25, 0.3) is 0 Å². The first kappa shape index (κ1) is 11.2. The third-order valence-electron chi connectivity index (χ3n) is 3.26. The predicted octanol–water partition coefficient (Wildman–Crippen LogP) is 1.25. The summed E-state index contributed by atoms with van der Waals surface area (Å²) in [6.45, 7) is 1.05. The van der Waals surface area contributed by atoms with E-state index in [0.29, 0.717) is 19.6 Å². The molecule has 2 saturated heterocycles. The second-order valence-electron chi connectivity index (χ2n) is 4.44. The Morgan fingerprint density at radius 2 is 1.94 bits per heavy atom. The van der Waals surface area contributed by atoms with Gasteiger partial charge in [0.05, 0.1) is 12.7 Å². The average molecular weight is 236 g/mol. The summed E-state index contributed by atoms with van der Waals surface area (Å²) in [6.07, 6.45) is -0.637. The summed E-state index contributed by atoms with van der Waals surface area (Å²) in [5.74, 6) is 0. The monoisotopic (exact) mass is 236 g/mol. The first-order valence-electron chi connectivity index (χ1n) is 5.96. The molecule has 0 spiro atoms. The molecule has 0 aromatic heterocycles. The van der Waals surface area contributed by atoms with E-state index in [1.165, 1.54) is 0 Å². The van der Waals surface area contributed by atoms with Gasteiger partial charge >= 0.3 is 0 Å². The summed E-state index contributed by atoms with van der Waals surface area (Å²) in [7, 11) is 0. The highest BCUT2D eigenvalue weighted by molar-refractivity contribution is 5.16. The number of benzene rings is 1. The van der Waals surface area contributed by atoms with Crippen molar-refractivity contribution in [1.29, 1.82) is 0 Å². The van der Waals surface area contributed by atoms with Crippen LogP contribution < -0.4 is 0 Å². The number of aliphatic hydroxyl groups excluding tert-OH is 1. The van der Waals surface area contributed by atoms with Crippen LogP contribution in [-0.2, 0) is 14.2 Å². The van der Waals surface area contributed by atoms with Crippen molar-refractivity contribution >= 4 is 0 Å². The van der Waals surface area contributed by atoms with Gasteiger partial charge in [-0.3, -0.25) is 0 Å². The van der Waals surface area contributed by atoms with Crippen molar-refractivity contribution in [3.05, 3.63) is 35.9 Å². The first-order chi connectivity index (χ1) is 8.34. The molecule has 4 nitrogen and oxygen atoms in total. The van der Waals surface area contributed by atoms with Gasteiger partial charge in [-0.15, -0.1) is 0 Å². The van der Waals surface area contributed by atoms with Crippen molar-refractivity contribution < 1.29 is 19.3 Å². The quantitative estimate of drug-likeness (QED) is 0.797. The van der Waals surface area contributed by atoms with Crippen LogP contribution in [0.2, 0.25) is 0 Å². The van der Waals surface area contributed by atoms with Crippen LogP contribution >= 0.6 is 0 Å². The molecule has 0 saturated carbocycles. The Balaban J connectivity index is 1.74. The molecule has 2 aliphatic heterocycles. The van der Waals surface area contributed by atoms with E-state index in [4.69, 9.17) is 14.2 Å². The van der Waals surface area contributed by atoms with Gasteiger partial charge in [0.2, 0.25) is 0 Å². The number of ether oxygens (including phenoxy) is 3. The second kappa shape index (κ2) is 4.74. The molecule has 0 aliphatic carbocycles. The molecule has 2 aliphatic rings. The van der Waals surface area contributed by atoms with Gasteiger partial charge in [0, 0.05) is 12.2 Å². The average Bonchev–Trinajstić information content (AvgIpc) is 2.40. The van der Waals surface area contributed by atoms with Crippen LogP contribution in [0, 0.1) is 0 Å². The Labute approximate surface area is 100 Å². The van der Waals surface area contributed by atoms with E-state index in [1.807, 2.05) is 30.3 Å². The second-order valence-corrected chi connectivity index (χ2v) is 4.44. The highest BCUT2D eigenvalue weighted by Crippen LogP contribution is 2.31. The van der Waals surface area contributed by atoms with E-state index in [2.05, 4.69) is 0 Å². The highest BCUT2D eigenvalue weighted by atomic mass is 16.7. The number of aliphatic hydroxyl groups is 1. The maximum absolute atomic E-state index is 9.91. The van der Waals surface area contributed by atoms with Gasteiger partial charge in [-0.05, 0) is 6.42 Å². The lowest BCUT2D eigenvalue weighted by Gasteiger charge is -2.41. The third-order valence-corrected chi connectivity index (χ3v) is 3.26. The molecule has 1 aromatic rings. The number of hydrogen-bond donors (Lipinski definition) is 1. The molecular formula is C13H16O4. The number of hydrogen-bond acceptors (Lipinski definition) is 4. The summed E-state index contributed by atoms with van der Waals surface area (Å²) in [5.41, 5.74) is 0.976. The SMILES string of the molecule is O[C@@H]1CCOC2CO[C@@H](c3ccccc3)OC21. The van der Waals surface area contributed by atoms with E-state index in [9.17, 15) is 5.11 Å². The molecule has 2 fully saturated rings. The molecule has 92 valence electrons. The zero-order chi connectivity index (χ0) is 11.7. The molecule has 0 radical (unpaired) electrons. The largest absolute Gasteiger partial charge is 0.390 e. The molecule has 1 N–H and O–H groups in total. The molecule has 0 bridgehead atoms. The van der Waals surface area contributed by atoms with E-state index in [-0.39, 0.29) is 12.2 Å². The van der Waals surface area contributed by atoms with Crippen LogP contribution in [0.1, 0.15) is 18.3 Å². The molecule has 0 amide bonds. The van der Waals surface area contributed by atoms with Crippen molar-refractivity contribution in [3.8, 4) is 0 Å². The van der Waals surface area contributed by atoms with Crippen LogP contribution in [0.5, 0.6) is 0 Å². The lowest BCUT2D eigenvalue weighted by molar-refractivity contribution is -0.298. The third kappa shape index (κ3) is 2.21. The Morgan fingerprint density at radius 3 is 2.76 bits per heavy atom. The summed E-state index contributed by atoms with van der Waals surface area (Å²) < 4.78 is 16.9. The van der Waals surface area contributed by atoms with Crippen molar-refractivity contribution in [2.75, 3.05) is 13.2 Å². The zero-order valence-electron chi connectivity index (χ0n) is 9.49. The van der Waals surface area contributed by atoms with Gasteiger partial charge in [-0.1, -0.05) is 30.3 Å². The maximum atomic E-state index is 9.91. The molecule has 3 rings (SSSR count). The normalized spacial score (nSPS) is 37.5. The molecule has 4 heteroatoms. The first-order valence-corrected chi connectivity index (χ1v) is 5.96. The van der Waals surface area contributed by atoms with Gasteiger partial charge in [0.1, 0.15) is 12.2 Å². The number of rotatable bonds is 1. The van der Waals surface area contributed by atoms with E-state index in [1.54, 1.807) is 0 Å². The van der Waals surface area contributed by atoms with Crippen molar-refractivity contribution in [2.45, 2.75) is 31.0 Å². The number of fused-ring (bicyclic) bond motifs is 1. The predicted molar refractivity (Wildman–Crippen MR) is 60.4 cm³/mol. The van der Waals surface area contributed by atoms with Gasteiger partial charge in [0.15, 0.2) is 6.29 Å². The van der Waals surface area contributed by atoms with Crippen LogP contribution in [-0.4, -0.2) is 36.6 Å². The minimum atomic E-state index is -0.455. The Hall–Kier alpha value is -0.940. The van der Waals surface area contributed by atoms with Crippen LogP contribution in [0.25, 0.3) is 0 Å². The van der Waals surface area contributed by atoms with E-state index >= 15 is 0 Å². The van der Waals surface area contributed by atoms with E-state index in [0.717, 1.165) is 5.56 Å². The van der Waals surface area contributed by atoms with Crippen molar-refractivity contribution in [3.63, 3.8) is 0 Å². The molecular weight excluding hydrogens is 220 g/mol. The summed E-state index contributed by atoms with van der Waals surface area (Å²) in [6, 6.07) is 9.76. The van der Waals surface area contributed by atoms with Crippen molar-refractivity contribution in [2.24, 2.45) is 0 Å².